The normalized spacial score (nSPS) is 16.3. The topological polar surface area (TPSA) is 50.7 Å². The van der Waals surface area contributed by atoms with E-state index in [4.69, 9.17) is 15.7 Å². The van der Waals surface area contributed by atoms with Crippen molar-refractivity contribution in [3.8, 4) is 0 Å². The second-order valence-corrected chi connectivity index (χ2v) is 7.62. The number of nitrogens with zero attached hydrogens (tertiary/aromatic N) is 2. The van der Waals surface area contributed by atoms with Crippen molar-refractivity contribution < 1.29 is 0 Å². The Bertz CT molecular complexity index is 1130. The van der Waals surface area contributed by atoms with Crippen LogP contribution in [0.15, 0.2) is 148 Å². The fourth-order valence-electron chi connectivity index (χ4n) is 3.21. The highest BCUT2D eigenvalue weighted by atomic mass is 15.0. The van der Waals surface area contributed by atoms with Gasteiger partial charge in [0.05, 0.1) is 6.54 Å². The standard InChI is InChI=1S/C31H35N3/c1-5-8-12-22-28(29(17-6-2)25(4)7-3)23-30(32)34-31(27-20-15-9-10-16-21-27)33-24-26-18-13-11-14-19-26/h5-15,17-23H,2,16,24H2,1,3-4H3,(H2,32,33,34)/b8-5-,22-12-,25-7-,28-23-,29-17+. The van der Waals surface area contributed by atoms with Crippen molar-refractivity contribution in [2.45, 2.75) is 33.7 Å². The lowest BCUT2D eigenvalue weighted by atomic mass is 9.97. The Balaban J connectivity index is 2.54. The minimum atomic E-state index is 0.386. The van der Waals surface area contributed by atoms with Crippen LogP contribution in [-0.2, 0) is 6.54 Å². The Labute approximate surface area is 204 Å². The van der Waals surface area contributed by atoms with Crippen LogP contribution in [0.3, 0.4) is 0 Å². The summed E-state index contributed by atoms with van der Waals surface area (Å²) in [5.74, 6) is 1.00. The van der Waals surface area contributed by atoms with Gasteiger partial charge in [0.2, 0.25) is 0 Å². The van der Waals surface area contributed by atoms with E-state index in [2.05, 4.69) is 43.9 Å². The SMILES string of the molecule is C=C/C=C(C(\C)=C/C)/C(/C=C\C=C/C)=C\C(N)=NC(=NCc1ccccc1)C1=CCC=CC=C1. The van der Waals surface area contributed by atoms with Crippen molar-refractivity contribution in [3.63, 3.8) is 0 Å². The molecule has 0 unspecified atom stereocenters. The van der Waals surface area contributed by atoms with Crippen LogP contribution < -0.4 is 5.73 Å². The Kier molecular flexibility index (Phi) is 11.6. The van der Waals surface area contributed by atoms with E-state index in [1.54, 1.807) is 6.08 Å². The lowest BCUT2D eigenvalue weighted by Gasteiger charge is -2.10. The zero-order valence-corrected chi connectivity index (χ0v) is 20.5. The quantitative estimate of drug-likeness (QED) is 0.236. The summed E-state index contributed by atoms with van der Waals surface area (Å²) >= 11 is 0. The van der Waals surface area contributed by atoms with Crippen LogP contribution >= 0.6 is 0 Å². The number of hydrogen-bond donors (Lipinski definition) is 1. The van der Waals surface area contributed by atoms with Crippen molar-refractivity contribution in [1.82, 2.24) is 0 Å². The average Bonchev–Trinajstić information content (AvgIpc) is 3.14. The predicted octanol–water partition coefficient (Wildman–Crippen LogP) is 7.52. The molecule has 2 rings (SSSR count). The monoisotopic (exact) mass is 449 g/mol. The Morgan fingerprint density at radius 3 is 2.62 bits per heavy atom. The number of hydrogen-bond acceptors (Lipinski definition) is 1. The van der Waals surface area contributed by atoms with Gasteiger partial charge in [-0.25, -0.2) is 4.99 Å². The summed E-state index contributed by atoms with van der Waals surface area (Å²) in [6.45, 7) is 10.5. The molecule has 1 aliphatic carbocycles. The number of nitrogens with two attached hydrogens (primary N) is 1. The number of allylic oxidation sites excluding steroid dienone is 14. The van der Waals surface area contributed by atoms with Gasteiger partial charge in [-0.1, -0.05) is 110 Å². The van der Waals surface area contributed by atoms with Gasteiger partial charge in [0, 0.05) is 5.57 Å². The summed E-state index contributed by atoms with van der Waals surface area (Å²) in [5, 5.41) is 0. The van der Waals surface area contributed by atoms with E-state index in [-0.39, 0.29) is 0 Å². The van der Waals surface area contributed by atoms with Gasteiger partial charge >= 0.3 is 0 Å². The molecule has 2 N–H and O–H groups in total. The summed E-state index contributed by atoms with van der Waals surface area (Å²) in [7, 11) is 0. The molecule has 1 aromatic carbocycles. The van der Waals surface area contributed by atoms with Crippen LogP contribution in [0.4, 0.5) is 0 Å². The molecule has 1 aromatic rings. The maximum Gasteiger partial charge on any atom is 0.156 e. The van der Waals surface area contributed by atoms with Crippen molar-refractivity contribution in [3.05, 3.63) is 144 Å². The van der Waals surface area contributed by atoms with Crippen LogP contribution in [0.5, 0.6) is 0 Å². The molecule has 0 heterocycles. The lowest BCUT2D eigenvalue weighted by Crippen LogP contribution is -2.14. The molecule has 174 valence electrons. The first-order valence-corrected chi connectivity index (χ1v) is 11.5. The maximum atomic E-state index is 6.47. The highest BCUT2D eigenvalue weighted by Gasteiger charge is 2.08. The maximum absolute atomic E-state index is 6.47. The molecule has 0 aromatic heterocycles. The Hall–Kier alpha value is -3.98. The van der Waals surface area contributed by atoms with E-state index >= 15 is 0 Å². The molecule has 0 aliphatic heterocycles. The first kappa shape index (κ1) is 26.3. The van der Waals surface area contributed by atoms with Gasteiger partial charge in [-0.05, 0) is 55.6 Å². The summed E-state index contributed by atoms with van der Waals surface area (Å²) < 4.78 is 0. The van der Waals surface area contributed by atoms with Crippen molar-refractivity contribution in [1.29, 1.82) is 0 Å². The summed E-state index contributed by atoms with van der Waals surface area (Å²) in [6, 6.07) is 10.1. The zero-order chi connectivity index (χ0) is 24.6. The summed E-state index contributed by atoms with van der Waals surface area (Å²) in [4.78, 5) is 9.56. The van der Waals surface area contributed by atoms with Crippen LogP contribution in [0, 0.1) is 0 Å². The first-order valence-electron chi connectivity index (χ1n) is 11.5. The van der Waals surface area contributed by atoms with Crippen LogP contribution in [0.25, 0.3) is 0 Å². The van der Waals surface area contributed by atoms with Gasteiger partial charge in [0.15, 0.2) is 5.84 Å². The molecule has 34 heavy (non-hydrogen) atoms. The Morgan fingerprint density at radius 1 is 1.12 bits per heavy atom. The predicted molar refractivity (Wildman–Crippen MR) is 150 cm³/mol. The van der Waals surface area contributed by atoms with Gasteiger partial charge in [0.25, 0.3) is 0 Å². The molecule has 0 atom stereocenters. The summed E-state index contributed by atoms with van der Waals surface area (Å²) in [5.41, 5.74) is 11.7. The van der Waals surface area contributed by atoms with E-state index in [0.717, 1.165) is 34.3 Å². The number of amidine groups is 2. The average molecular weight is 450 g/mol. The van der Waals surface area contributed by atoms with Gasteiger partial charge in [0.1, 0.15) is 5.84 Å². The van der Waals surface area contributed by atoms with Gasteiger partial charge in [-0.2, -0.15) is 0 Å². The second kappa shape index (κ2) is 15.0. The molecule has 0 radical (unpaired) electrons. The largest absolute Gasteiger partial charge is 0.384 e. The molecule has 3 nitrogen and oxygen atoms in total. The molecule has 0 spiro atoms. The van der Waals surface area contributed by atoms with Crippen LogP contribution in [0.1, 0.15) is 32.8 Å². The lowest BCUT2D eigenvalue weighted by molar-refractivity contribution is 1.06. The Morgan fingerprint density at radius 2 is 1.91 bits per heavy atom. The van der Waals surface area contributed by atoms with Crippen LogP contribution in [0.2, 0.25) is 0 Å². The molecular weight excluding hydrogens is 414 g/mol. The molecular formula is C31H35N3. The number of benzene rings is 1. The molecule has 0 bridgehead atoms. The fourth-order valence-corrected chi connectivity index (χ4v) is 3.21. The van der Waals surface area contributed by atoms with Crippen molar-refractivity contribution in [2.24, 2.45) is 15.7 Å². The minimum absolute atomic E-state index is 0.386. The zero-order valence-electron chi connectivity index (χ0n) is 20.5. The first-order chi connectivity index (χ1) is 16.6. The highest BCUT2D eigenvalue weighted by molar-refractivity contribution is 6.10. The van der Waals surface area contributed by atoms with Crippen LogP contribution in [-0.4, -0.2) is 11.7 Å². The molecule has 0 fully saturated rings. The third kappa shape index (κ3) is 8.87. The third-order valence-electron chi connectivity index (χ3n) is 5.08. The molecule has 1 aliphatic rings. The van der Waals surface area contributed by atoms with Gasteiger partial charge in [-0.15, -0.1) is 0 Å². The van der Waals surface area contributed by atoms with E-state index in [9.17, 15) is 0 Å². The van der Waals surface area contributed by atoms with Crippen molar-refractivity contribution >= 4 is 11.7 Å². The molecule has 3 heteroatoms. The van der Waals surface area contributed by atoms with Crippen molar-refractivity contribution in [2.75, 3.05) is 0 Å². The highest BCUT2D eigenvalue weighted by Crippen LogP contribution is 2.21. The van der Waals surface area contributed by atoms with E-state index in [0.29, 0.717) is 18.2 Å². The summed E-state index contributed by atoms with van der Waals surface area (Å²) in [6.07, 6.45) is 26.8. The number of aliphatic imine (C=N–C) groups is 2. The van der Waals surface area contributed by atoms with Gasteiger partial charge in [-0.3, -0.25) is 4.99 Å². The second-order valence-electron chi connectivity index (χ2n) is 7.62. The van der Waals surface area contributed by atoms with E-state index in [1.807, 2.05) is 86.7 Å². The van der Waals surface area contributed by atoms with E-state index < -0.39 is 0 Å². The molecule has 0 saturated heterocycles. The minimum Gasteiger partial charge on any atom is -0.384 e. The van der Waals surface area contributed by atoms with Gasteiger partial charge < -0.3 is 5.73 Å². The third-order valence-corrected chi connectivity index (χ3v) is 5.08. The molecule has 0 saturated carbocycles. The molecule has 0 amide bonds. The smallest absolute Gasteiger partial charge is 0.156 e. The fraction of sp³-hybridized carbons (Fsp3) is 0.161. The van der Waals surface area contributed by atoms with E-state index in [1.165, 1.54) is 0 Å². The number of rotatable bonds is 9.